The van der Waals surface area contributed by atoms with Gasteiger partial charge in [-0.1, -0.05) is 6.07 Å². The lowest BCUT2D eigenvalue weighted by Gasteiger charge is -2.19. The van der Waals surface area contributed by atoms with Crippen LogP contribution in [0.25, 0.3) is 0 Å². The first kappa shape index (κ1) is 13.1. The van der Waals surface area contributed by atoms with Crippen molar-refractivity contribution in [2.45, 2.75) is 19.4 Å². The van der Waals surface area contributed by atoms with Crippen LogP contribution in [0.1, 0.15) is 24.1 Å². The molecule has 2 heterocycles. The van der Waals surface area contributed by atoms with Gasteiger partial charge in [0.2, 0.25) is 0 Å². The minimum atomic E-state index is 0.297. The minimum Gasteiger partial charge on any atom is -0.486 e. The van der Waals surface area contributed by atoms with Crippen LogP contribution in [0.3, 0.4) is 0 Å². The molecule has 0 bridgehead atoms. The fourth-order valence-electron chi connectivity index (χ4n) is 2.32. The third kappa shape index (κ3) is 2.96. The summed E-state index contributed by atoms with van der Waals surface area (Å²) in [4.78, 5) is 0. The molecule has 4 heteroatoms. The van der Waals surface area contributed by atoms with Crippen molar-refractivity contribution in [2.24, 2.45) is 0 Å². The molecule has 1 N–H and O–H groups in total. The van der Waals surface area contributed by atoms with Crippen LogP contribution in [0.5, 0.6) is 11.5 Å². The Balaban J connectivity index is 1.53. The molecular weight excluding hydrogens is 254 g/mol. The van der Waals surface area contributed by atoms with Crippen LogP contribution >= 0.6 is 0 Å². The maximum atomic E-state index is 5.59. The van der Waals surface area contributed by atoms with Gasteiger partial charge >= 0.3 is 0 Å². The van der Waals surface area contributed by atoms with E-state index in [9.17, 15) is 0 Å². The van der Waals surface area contributed by atoms with Crippen molar-refractivity contribution >= 4 is 0 Å². The van der Waals surface area contributed by atoms with Gasteiger partial charge in [-0.2, -0.15) is 0 Å². The van der Waals surface area contributed by atoms with E-state index in [1.54, 1.807) is 12.5 Å². The van der Waals surface area contributed by atoms with Crippen molar-refractivity contribution < 1.29 is 13.9 Å². The van der Waals surface area contributed by atoms with E-state index in [-0.39, 0.29) is 0 Å². The lowest BCUT2D eigenvalue weighted by Crippen LogP contribution is -2.21. The molecule has 0 saturated carbocycles. The average molecular weight is 273 g/mol. The van der Waals surface area contributed by atoms with E-state index in [0.29, 0.717) is 19.3 Å². The van der Waals surface area contributed by atoms with Crippen LogP contribution in [0, 0.1) is 0 Å². The first-order chi connectivity index (χ1) is 9.83. The van der Waals surface area contributed by atoms with E-state index in [1.807, 2.05) is 12.1 Å². The summed E-state index contributed by atoms with van der Waals surface area (Å²) >= 11 is 0. The Kier molecular flexibility index (Phi) is 3.92. The summed E-state index contributed by atoms with van der Waals surface area (Å²) in [6.07, 6.45) is 4.44. The predicted octanol–water partition coefficient (Wildman–Crippen LogP) is 2.94. The number of furan rings is 1. The molecule has 20 heavy (non-hydrogen) atoms. The van der Waals surface area contributed by atoms with Gasteiger partial charge in [-0.15, -0.1) is 0 Å². The first-order valence-corrected chi connectivity index (χ1v) is 6.97. The van der Waals surface area contributed by atoms with Gasteiger partial charge in [-0.25, -0.2) is 0 Å². The van der Waals surface area contributed by atoms with Crippen molar-refractivity contribution in [3.05, 3.63) is 47.9 Å². The summed E-state index contributed by atoms with van der Waals surface area (Å²) in [7, 11) is 0. The third-order valence-corrected chi connectivity index (χ3v) is 3.51. The van der Waals surface area contributed by atoms with Gasteiger partial charge in [-0.3, -0.25) is 0 Å². The molecule has 106 valence electrons. The number of benzene rings is 1. The molecule has 1 aromatic heterocycles. The predicted molar refractivity (Wildman–Crippen MR) is 76.3 cm³/mol. The van der Waals surface area contributed by atoms with Crippen LogP contribution in [-0.2, 0) is 6.42 Å². The standard InChI is InChI=1S/C16H19NO3/c1-12(14-5-7-18-11-14)17-6-4-13-2-3-15-16(10-13)20-9-8-19-15/h2-3,5,7,10-12,17H,4,6,8-9H2,1H3. The van der Waals surface area contributed by atoms with Gasteiger partial charge in [0.15, 0.2) is 11.5 Å². The molecule has 1 atom stereocenters. The first-order valence-electron chi connectivity index (χ1n) is 6.97. The van der Waals surface area contributed by atoms with Gasteiger partial charge in [-0.05, 0) is 43.7 Å². The fourth-order valence-corrected chi connectivity index (χ4v) is 2.32. The second-order valence-electron chi connectivity index (χ2n) is 4.96. The zero-order chi connectivity index (χ0) is 13.8. The second kappa shape index (κ2) is 6.01. The van der Waals surface area contributed by atoms with Gasteiger partial charge in [0.25, 0.3) is 0 Å². The van der Waals surface area contributed by atoms with Gasteiger partial charge < -0.3 is 19.2 Å². The van der Waals surface area contributed by atoms with E-state index >= 15 is 0 Å². The summed E-state index contributed by atoms with van der Waals surface area (Å²) in [5.74, 6) is 1.70. The molecular formula is C16H19NO3. The number of hydrogen-bond acceptors (Lipinski definition) is 4. The Labute approximate surface area is 118 Å². The lowest BCUT2D eigenvalue weighted by atomic mass is 10.1. The van der Waals surface area contributed by atoms with Gasteiger partial charge in [0, 0.05) is 11.6 Å². The van der Waals surface area contributed by atoms with Crippen molar-refractivity contribution in [3.8, 4) is 11.5 Å². The van der Waals surface area contributed by atoms with E-state index in [1.165, 1.54) is 11.1 Å². The molecule has 4 nitrogen and oxygen atoms in total. The molecule has 0 saturated heterocycles. The summed E-state index contributed by atoms with van der Waals surface area (Å²) in [6, 6.07) is 8.44. The van der Waals surface area contributed by atoms with Crippen molar-refractivity contribution in [2.75, 3.05) is 19.8 Å². The Morgan fingerprint density at radius 2 is 2.00 bits per heavy atom. The molecule has 2 aromatic rings. The van der Waals surface area contributed by atoms with E-state index in [0.717, 1.165) is 24.5 Å². The Morgan fingerprint density at radius 1 is 1.15 bits per heavy atom. The lowest BCUT2D eigenvalue weighted by molar-refractivity contribution is 0.171. The summed E-state index contributed by atoms with van der Waals surface area (Å²) in [6.45, 7) is 4.31. The summed E-state index contributed by atoms with van der Waals surface area (Å²) in [5, 5.41) is 3.48. The van der Waals surface area contributed by atoms with E-state index in [2.05, 4.69) is 24.4 Å². The normalized spacial score (nSPS) is 15.1. The third-order valence-electron chi connectivity index (χ3n) is 3.51. The van der Waals surface area contributed by atoms with Gasteiger partial charge in [0.1, 0.15) is 13.2 Å². The molecule has 1 aromatic carbocycles. The molecule has 0 fully saturated rings. The molecule has 0 amide bonds. The van der Waals surface area contributed by atoms with Crippen LogP contribution in [0.2, 0.25) is 0 Å². The van der Waals surface area contributed by atoms with Crippen molar-refractivity contribution in [1.82, 2.24) is 5.32 Å². The number of fused-ring (bicyclic) bond motifs is 1. The maximum Gasteiger partial charge on any atom is 0.161 e. The smallest absolute Gasteiger partial charge is 0.161 e. The highest BCUT2D eigenvalue weighted by Crippen LogP contribution is 2.30. The van der Waals surface area contributed by atoms with Crippen LogP contribution in [0.4, 0.5) is 0 Å². The largest absolute Gasteiger partial charge is 0.486 e. The Bertz CT molecular complexity index is 551. The van der Waals surface area contributed by atoms with Gasteiger partial charge in [0.05, 0.1) is 12.5 Å². The van der Waals surface area contributed by atoms with Crippen LogP contribution < -0.4 is 14.8 Å². The Hall–Kier alpha value is -1.94. The molecule has 1 aliphatic heterocycles. The minimum absolute atomic E-state index is 0.297. The summed E-state index contributed by atoms with van der Waals surface area (Å²) < 4.78 is 16.2. The number of nitrogens with one attached hydrogen (secondary N) is 1. The number of hydrogen-bond donors (Lipinski definition) is 1. The molecule has 0 spiro atoms. The fraction of sp³-hybridized carbons (Fsp3) is 0.375. The number of rotatable bonds is 5. The molecule has 0 aliphatic carbocycles. The quantitative estimate of drug-likeness (QED) is 0.909. The summed E-state index contributed by atoms with van der Waals surface area (Å²) in [5.41, 5.74) is 2.42. The zero-order valence-corrected chi connectivity index (χ0v) is 11.6. The SMILES string of the molecule is CC(NCCc1ccc2c(c1)OCCO2)c1ccoc1. The molecule has 3 rings (SSSR count). The van der Waals surface area contributed by atoms with Crippen molar-refractivity contribution in [3.63, 3.8) is 0 Å². The van der Waals surface area contributed by atoms with E-state index in [4.69, 9.17) is 13.9 Å². The van der Waals surface area contributed by atoms with E-state index < -0.39 is 0 Å². The highest BCUT2D eigenvalue weighted by Gasteiger charge is 2.11. The average Bonchev–Trinajstić information content (AvgIpc) is 3.01. The molecule has 1 unspecified atom stereocenters. The molecule has 1 aliphatic rings. The van der Waals surface area contributed by atoms with Crippen LogP contribution in [0.15, 0.2) is 41.2 Å². The maximum absolute atomic E-state index is 5.59. The topological polar surface area (TPSA) is 43.6 Å². The second-order valence-corrected chi connectivity index (χ2v) is 4.96. The zero-order valence-electron chi connectivity index (χ0n) is 11.6. The van der Waals surface area contributed by atoms with Crippen molar-refractivity contribution in [1.29, 1.82) is 0 Å². The molecule has 0 radical (unpaired) electrons. The highest BCUT2D eigenvalue weighted by atomic mass is 16.6. The monoisotopic (exact) mass is 273 g/mol. The van der Waals surface area contributed by atoms with Crippen LogP contribution in [-0.4, -0.2) is 19.8 Å². The highest BCUT2D eigenvalue weighted by molar-refractivity contribution is 5.43. The number of ether oxygens (including phenoxy) is 2. The Morgan fingerprint density at radius 3 is 2.80 bits per heavy atom.